The second-order valence-corrected chi connectivity index (χ2v) is 8.79. The number of likely N-dealkylation sites (tertiary alicyclic amines) is 1. The minimum Gasteiger partial charge on any atom is -0.299 e. The highest BCUT2D eigenvalue weighted by molar-refractivity contribution is 7.89. The van der Waals surface area contributed by atoms with Crippen molar-refractivity contribution in [1.29, 1.82) is 0 Å². The van der Waals surface area contributed by atoms with Crippen LogP contribution in [0.15, 0.2) is 30.3 Å². The third kappa shape index (κ3) is 3.73. The maximum absolute atomic E-state index is 12.5. The molecule has 2 heterocycles. The first kappa shape index (κ1) is 18.7. The van der Waals surface area contributed by atoms with Crippen molar-refractivity contribution in [2.75, 3.05) is 32.4 Å². The average molecular weight is 359 g/mol. The highest BCUT2D eigenvalue weighted by atomic mass is 35.5. The summed E-state index contributed by atoms with van der Waals surface area (Å²) < 4.78 is 26.7. The van der Waals surface area contributed by atoms with Gasteiger partial charge in [0.25, 0.3) is 0 Å². The predicted molar refractivity (Wildman–Crippen MR) is 96.3 cm³/mol. The number of hydrogen-bond donors (Lipinski definition) is 0. The zero-order valence-electron chi connectivity index (χ0n) is 13.9. The molecular formula is C17H27ClN2O2S. The molecular weight excluding hydrogens is 332 g/mol. The molecule has 0 saturated carbocycles. The lowest BCUT2D eigenvalue weighted by atomic mass is 9.90. The molecule has 2 fully saturated rings. The number of rotatable bonds is 5. The molecule has 0 bridgehead atoms. The lowest BCUT2D eigenvalue weighted by Crippen LogP contribution is -2.34. The summed E-state index contributed by atoms with van der Waals surface area (Å²) in [4.78, 5) is 2.39. The van der Waals surface area contributed by atoms with Gasteiger partial charge < -0.3 is 0 Å². The van der Waals surface area contributed by atoms with Crippen LogP contribution in [0, 0.1) is 11.8 Å². The second kappa shape index (κ2) is 7.51. The van der Waals surface area contributed by atoms with Gasteiger partial charge in [-0.15, -0.1) is 12.4 Å². The van der Waals surface area contributed by atoms with Gasteiger partial charge in [0.2, 0.25) is 10.0 Å². The second-order valence-electron chi connectivity index (χ2n) is 6.71. The third-order valence-corrected chi connectivity index (χ3v) is 7.04. The van der Waals surface area contributed by atoms with Crippen LogP contribution < -0.4 is 0 Å². The summed E-state index contributed by atoms with van der Waals surface area (Å²) in [5, 5.41) is 0. The number of sulfonamides is 1. The number of hydrogen-bond acceptors (Lipinski definition) is 3. The van der Waals surface area contributed by atoms with Gasteiger partial charge >= 0.3 is 0 Å². The Labute approximate surface area is 146 Å². The van der Waals surface area contributed by atoms with Crippen LogP contribution in [0.2, 0.25) is 0 Å². The van der Waals surface area contributed by atoms with Gasteiger partial charge in [0.15, 0.2) is 0 Å². The van der Waals surface area contributed by atoms with Gasteiger partial charge in [0, 0.05) is 25.7 Å². The van der Waals surface area contributed by atoms with E-state index in [1.807, 2.05) is 13.0 Å². The molecule has 0 unspecified atom stereocenters. The normalized spacial score (nSPS) is 28.5. The summed E-state index contributed by atoms with van der Waals surface area (Å²) in [5.74, 6) is 1.19. The number of fused-ring (bicyclic) bond motifs is 1. The van der Waals surface area contributed by atoms with Crippen molar-refractivity contribution in [2.45, 2.75) is 25.8 Å². The van der Waals surface area contributed by atoms with Crippen molar-refractivity contribution in [3.63, 3.8) is 0 Å². The van der Waals surface area contributed by atoms with Crippen LogP contribution in [-0.2, 0) is 10.0 Å². The molecule has 2 aliphatic rings. The molecule has 3 rings (SSSR count). The van der Waals surface area contributed by atoms with Crippen molar-refractivity contribution in [1.82, 2.24) is 9.21 Å². The third-order valence-electron chi connectivity index (χ3n) is 5.15. The molecule has 1 aromatic carbocycles. The van der Waals surface area contributed by atoms with Crippen molar-refractivity contribution in [3.05, 3.63) is 35.9 Å². The van der Waals surface area contributed by atoms with Crippen LogP contribution in [0.5, 0.6) is 0 Å². The van der Waals surface area contributed by atoms with Crippen molar-refractivity contribution in [2.24, 2.45) is 11.8 Å². The van der Waals surface area contributed by atoms with E-state index in [1.54, 1.807) is 4.31 Å². The molecule has 23 heavy (non-hydrogen) atoms. The lowest BCUT2D eigenvalue weighted by molar-refractivity contribution is 0.261. The summed E-state index contributed by atoms with van der Waals surface area (Å²) in [6.45, 7) is 4.41. The van der Waals surface area contributed by atoms with Gasteiger partial charge in [-0.1, -0.05) is 43.7 Å². The Morgan fingerprint density at radius 1 is 1.13 bits per heavy atom. The molecule has 2 saturated heterocycles. The fraction of sp³-hybridized carbons (Fsp3) is 0.647. The fourth-order valence-corrected chi connectivity index (χ4v) is 5.78. The zero-order chi connectivity index (χ0) is 15.7. The molecule has 4 nitrogen and oxygen atoms in total. The van der Waals surface area contributed by atoms with E-state index < -0.39 is 10.0 Å². The highest BCUT2D eigenvalue weighted by Gasteiger charge is 2.48. The van der Waals surface area contributed by atoms with Gasteiger partial charge in [0.05, 0.1) is 5.75 Å². The summed E-state index contributed by atoms with van der Waals surface area (Å²) >= 11 is 0. The summed E-state index contributed by atoms with van der Waals surface area (Å²) in [6, 6.07) is 10.8. The van der Waals surface area contributed by atoms with Crippen molar-refractivity contribution < 1.29 is 8.42 Å². The molecule has 6 heteroatoms. The Bertz CT molecular complexity index is 608. The van der Waals surface area contributed by atoms with Gasteiger partial charge in [-0.05, 0) is 30.9 Å². The van der Waals surface area contributed by atoms with E-state index in [4.69, 9.17) is 0 Å². The molecule has 130 valence electrons. The molecule has 0 spiro atoms. The van der Waals surface area contributed by atoms with Gasteiger partial charge in [-0.3, -0.25) is 4.90 Å². The van der Waals surface area contributed by atoms with Gasteiger partial charge in [-0.25, -0.2) is 12.7 Å². The van der Waals surface area contributed by atoms with Crippen LogP contribution in [0.4, 0.5) is 0 Å². The minimum absolute atomic E-state index is 0. The number of halogens is 1. The van der Waals surface area contributed by atoms with Crippen LogP contribution >= 0.6 is 12.4 Å². The first-order valence-electron chi connectivity index (χ1n) is 8.26. The van der Waals surface area contributed by atoms with E-state index in [0.717, 1.165) is 19.4 Å². The SMILES string of the molecule is CCCCS(=O)(=O)N1C[C@@H]2CN(C)[C@@H](c3ccccc3)[C@@H]2C1.Cl. The molecule has 3 atom stereocenters. The van der Waals surface area contributed by atoms with Crippen LogP contribution in [-0.4, -0.2) is 50.1 Å². The smallest absolute Gasteiger partial charge is 0.214 e. The van der Waals surface area contributed by atoms with E-state index in [1.165, 1.54) is 5.56 Å². The molecule has 1 aromatic rings. The van der Waals surface area contributed by atoms with E-state index in [2.05, 4.69) is 36.2 Å². The number of nitrogens with zero attached hydrogens (tertiary/aromatic N) is 2. The van der Waals surface area contributed by atoms with E-state index in [-0.39, 0.29) is 12.4 Å². The van der Waals surface area contributed by atoms with Crippen LogP contribution in [0.3, 0.4) is 0 Å². The molecule has 0 aliphatic carbocycles. The number of benzene rings is 1. The number of unbranched alkanes of at least 4 members (excludes halogenated alkanes) is 1. The van der Waals surface area contributed by atoms with Crippen LogP contribution in [0.1, 0.15) is 31.4 Å². The van der Waals surface area contributed by atoms with Gasteiger partial charge in [0.1, 0.15) is 0 Å². The highest BCUT2D eigenvalue weighted by Crippen LogP contribution is 2.44. The predicted octanol–water partition coefficient (Wildman–Crippen LogP) is 2.77. The van der Waals surface area contributed by atoms with Crippen molar-refractivity contribution in [3.8, 4) is 0 Å². The van der Waals surface area contributed by atoms with Crippen LogP contribution in [0.25, 0.3) is 0 Å². The maximum Gasteiger partial charge on any atom is 0.214 e. The van der Waals surface area contributed by atoms with Gasteiger partial charge in [-0.2, -0.15) is 0 Å². The summed E-state index contributed by atoms with van der Waals surface area (Å²) in [7, 11) is -0.914. The lowest BCUT2D eigenvalue weighted by Gasteiger charge is -2.26. The molecule has 0 radical (unpaired) electrons. The quantitative estimate of drug-likeness (QED) is 0.812. The van der Waals surface area contributed by atoms with Crippen molar-refractivity contribution >= 4 is 22.4 Å². The molecule has 0 N–H and O–H groups in total. The molecule has 0 amide bonds. The topological polar surface area (TPSA) is 40.6 Å². The minimum atomic E-state index is -3.07. The Morgan fingerprint density at radius 2 is 1.83 bits per heavy atom. The summed E-state index contributed by atoms with van der Waals surface area (Å²) in [5.41, 5.74) is 1.31. The van der Waals surface area contributed by atoms with E-state index in [0.29, 0.717) is 36.7 Å². The standard InChI is InChI=1S/C17H26N2O2S.ClH/c1-3-4-10-22(20,21)19-12-15-11-18(2)17(16(15)13-19)14-8-6-5-7-9-14;/h5-9,15-17H,3-4,10-13H2,1-2H3;1H/t15-,16+,17-;/m0./s1. The average Bonchev–Trinajstić information content (AvgIpc) is 3.03. The Balaban J connectivity index is 0.00000192. The monoisotopic (exact) mass is 358 g/mol. The Kier molecular flexibility index (Phi) is 6.11. The first-order chi connectivity index (χ1) is 10.5. The van der Waals surface area contributed by atoms with E-state index >= 15 is 0 Å². The molecule has 0 aromatic heterocycles. The first-order valence-corrected chi connectivity index (χ1v) is 9.87. The zero-order valence-corrected chi connectivity index (χ0v) is 15.5. The maximum atomic E-state index is 12.5. The Morgan fingerprint density at radius 3 is 2.48 bits per heavy atom. The fourth-order valence-electron chi connectivity index (χ4n) is 4.05. The van der Waals surface area contributed by atoms with E-state index in [9.17, 15) is 8.42 Å². The molecule has 2 aliphatic heterocycles. The summed E-state index contributed by atoms with van der Waals surface area (Å²) in [6.07, 6.45) is 1.69. The Hall–Kier alpha value is -0.620. The largest absolute Gasteiger partial charge is 0.299 e.